The zero-order valence-electron chi connectivity index (χ0n) is 8.70. The number of rotatable bonds is 2. The van der Waals surface area contributed by atoms with Crippen molar-refractivity contribution >= 4 is 38.3 Å². The second-order valence-corrected chi connectivity index (χ2v) is 5.24. The van der Waals surface area contributed by atoms with Gasteiger partial charge in [0.2, 0.25) is 5.13 Å². The van der Waals surface area contributed by atoms with Crippen LogP contribution in [-0.2, 0) is 0 Å². The van der Waals surface area contributed by atoms with E-state index in [0.29, 0.717) is 15.2 Å². The topological polar surface area (TPSA) is 54.9 Å². The highest BCUT2D eigenvalue weighted by Gasteiger charge is 2.12. The van der Waals surface area contributed by atoms with Crippen LogP contribution in [0.3, 0.4) is 0 Å². The van der Waals surface area contributed by atoms with Crippen LogP contribution in [0.1, 0.15) is 15.4 Å². The minimum atomic E-state index is -0.403. The average Bonchev–Trinajstić information content (AvgIpc) is 2.63. The molecule has 0 bridgehead atoms. The van der Waals surface area contributed by atoms with Crippen LogP contribution in [0.5, 0.6) is 0 Å². The summed E-state index contributed by atoms with van der Waals surface area (Å²) in [6.07, 6.45) is 0. The molecule has 7 heteroatoms. The number of hydrogen-bond acceptors (Lipinski definition) is 4. The molecule has 1 aromatic heterocycles. The van der Waals surface area contributed by atoms with Crippen LogP contribution < -0.4 is 5.32 Å². The van der Waals surface area contributed by atoms with E-state index in [2.05, 4.69) is 31.4 Å². The molecule has 0 fully saturated rings. The molecule has 17 heavy (non-hydrogen) atoms. The lowest BCUT2D eigenvalue weighted by atomic mass is 10.2. The summed E-state index contributed by atoms with van der Waals surface area (Å²) in [7, 11) is 0. The van der Waals surface area contributed by atoms with Gasteiger partial charge in [-0.3, -0.25) is 10.1 Å². The summed E-state index contributed by atoms with van der Waals surface area (Å²) in [5.41, 5.74) is 0.347. The minimum Gasteiger partial charge on any atom is -0.296 e. The van der Waals surface area contributed by atoms with E-state index in [-0.39, 0.29) is 5.91 Å². The van der Waals surface area contributed by atoms with Gasteiger partial charge in [0.1, 0.15) is 10.8 Å². The molecule has 4 nitrogen and oxygen atoms in total. The first kappa shape index (κ1) is 12.1. The van der Waals surface area contributed by atoms with Crippen LogP contribution in [0.4, 0.5) is 9.52 Å². The Morgan fingerprint density at radius 1 is 1.47 bits per heavy atom. The molecule has 0 spiro atoms. The van der Waals surface area contributed by atoms with Crippen molar-refractivity contribution in [3.05, 3.63) is 39.1 Å². The molecular weight excluding hydrogens is 309 g/mol. The third kappa shape index (κ3) is 2.86. The normalized spacial score (nSPS) is 10.3. The Kier molecular flexibility index (Phi) is 3.49. The first-order valence-corrected chi connectivity index (χ1v) is 6.24. The molecular formula is C10H7BrFN3OS. The molecule has 2 rings (SSSR count). The Hall–Kier alpha value is -1.34. The van der Waals surface area contributed by atoms with Crippen molar-refractivity contribution in [2.24, 2.45) is 0 Å². The summed E-state index contributed by atoms with van der Waals surface area (Å²) in [5.74, 6) is -0.756. The summed E-state index contributed by atoms with van der Waals surface area (Å²) in [6.45, 7) is 1.79. The number of aryl methyl sites for hydroxylation is 1. The van der Waals surface area contributed by atoms with Gasteiger partial charge in [-0.2, -0.15) is 0 Å². The molecule has 0 saturated carbocycles. The number of carbonyl (C=O) groups is 1. The van der Waals surface area contributed by atoms with E-state index >= 15 is 0 Å². The fraction of sp³-hybridized carbons (Fsp3) is 0.100. The van der Waals surface area contributed by atoms with Crippen LogP contribution in [0.25, 0.3) is 0 Å². The molecule has 1 heterocycles. The van der Waals surface area contributed by atoms with E-state index in [1.54, 1.807) is 6.92 Å². The Morgan fingerprint density at radius 2 is 2.24 bits per heavy atom. The van der Waals surface area contributed by atoms with Crippen molar-refractivity contribution in [2.75, 3.05) is 5.32 Å². The molecule has 0 saturated heterocycles. The van der Waals surface area contributed by atoms with Gasteiger partial charge in [-0.05, 0) is 41.1 Å². The fourth-order valence-electron chi connectivity index (χ4n) is 1.19. The van der Waals surface area contributed by atoms with Gasteiger partial charge in [0.05, 0.1) is 5.56 Å². The number of nitrogens with one attached hydrogen (secondary N) is 1. The third-order valence-electron chi connectivity index (χ3n) is 1.92. The van der Waals surface area contributed by atoms with E-state index in [9.17, 15) is 9.18 Å². The summed E-state index contributed by atoms with van der Waals surface area (Å²) < 4.78 is 13.3. The predicted molar refractivity (Wildman–Crippen MR) is 66.7 cm³/mol. The first-order valence-electron chi connectivity index (χ1n) is 4.63. The van der Waals surface area contributed by atoms with Gasteiger partial charge in [0, 0.05) is 4.47 Å². The largest absolute Gasteiger partial charge is 0.296 e. The predicted octanol–water partition coefficient (Wildman–Crippen LogP) is 3.00. The van der Waals surface area contributed by atoms with Crippen molar-refractivity contribution in [3.8, 4) is 0 Å². The monoisotopic (exact) mass is 315 g/mol. The number of halogens is 2. The molecule has 88 valence electrons. The van der Waals surface area contributed by atoms with Crippen molar-refractivity contribution in [2.45, 2.75) is 6.92 Å². The molecule has 0 aliphatic heterocycles. The molecule has 0 aliphatic carbocycles. The van der Waals surface area contributed by atoms with Crippen LogP contribution in [0, 0.1) is 12.7 Å². The van der Waals surface area contributed by atoms with E-state index in [1.165, 1.54) is 29.5 Å². The van der Waals surface area contributed by atoms with Crippen molar-refractivity contribution in [1.82, 2.24) is 10.2 Å². The molecule has 1 aromatic carbocycles. The van der Waals surface area contributed by atoms with Crippen LogP contribution in [-0.4, -0.2) is 16.1 Å². The summed E-state index contributed by atoms with van der Waals surface area (Å²) in [5, 5.41) is 11.3. The number of amides is 1. The number of anilines is 1. The standard InChI is InChI=1S/C10H7BrFN3OS/c1-5-14-15-10(17-5)13-9(16)7-3-2-6(12)4-8(7)11/h2-4H,1H3,(H,13,15,16). The SMILES string of the molecule is Cc1nnc(NC(=O)c2ccc(F)cc2Br)s1. The zero-order chi connectivity index (χ0) is 12.4. The Morgan fingerprint density at radius 3 is 2.82 bits per heavy atom. The van der Waals surface area contributed by atoms with Gasteiger partial charge < -0.3 is 0 Å². The maximum absolute atomic E-state index is 12.9. The first-order chi connectivity index (χ1) is 8.06. The van der Waals surface area contributed by atoms with E-state index in [0.717, 1.165) is 5.01 Å². The molecule has 1 amide bonds. The molecule has 0 aliphatic rings. The van der Waals surface area contributed by atoms with E-state index < -0.39 is 5.82 Å². The summed E-state index contributed by atoms with van der Waals surface area (Å²) >= 11 is 4.41. The summed E-state index contributed by atoms with van der Waals surface area (Å²) in [4.78, 5) is 11.8. The van der Waals surface area contributed by atoms with Crippen molar-refractivity contribution in [1.29, 1.82) is 0 Å². The quantitative estimate of drug-likeness (QED) is 0.926. The van der Waals surface area contributed by atoms with Gasteiger partial charge in [0.15, 0.2) is 0 Å². The Bertz CT molecular complexity index is 572. The summed E-state index contributed by atoms with van der Waals surface area (Å²) in [6, 6.07) is 3.87. The van der Waals surface area contributed by atoms with Gasteiger partial charge in [-0.25, -0.2) is 4.39 Å². The van der Waals surface area contributed by atoms with Crippen molar-refractivity contribution in [3.63, 3.8) is 0 Å². The smallest absolute Gasteiger partial charge is 0.258 e. The fourth-order valence-corrected chi connectivity index (χ4v) is 2.30. The second-order valence-electron chi connectivity index (χ2n) is 3.20. The van der Waals surface area contributed by atoms with Gasteiger partial charge >= 0.3 is 0 Å². The zero-order valence-corrected chi connectivity index (χ0v) is 11.1. The van der Waals surface area contributed by atoms with Gasteiger partial charge in [-0.15, -0.1) is 10.2 Å². The van der Waals surface area contributed by atoms with Crippen LogP contribution in [0.2, 0.25) is 0 Å². The maximum atomic E-state index is 12.9. The lowest BCUT2D eigenvalue weighted by Crippen LogP contribution is -2.12. The highest BCUT2D eigenvalue weighted by atomic mass is 79.9. The van der Waals surface area contributed by atoms with Crippen LogP contribution >= 0.6 is 27.3 Å². The van der Waals surface area contributed by atoms with E-state index in [1.807, 2.05) is 0 Å². The highest BCUT2D eigenvalue weighted by Crippen LogP contribution is 2.20. The third-order valence-corrected chi connectivity index (χ3v) is 3.33. The number of benzene rings is 1. The molecule has 0 radical (unpaired) electrons. The maximum Gasteiger partial charge on any atom is 0.258 e. The van der Waals surface area contributed by atoms with Gasteiger partial charge in [0.25, 0.3) is 5.91 Å². The Labute approximate surface area is 109 Å². The highest BCUT2D eigenvalue weighted by molar-refractivity contribution is 9.10. The molecule has 2 aromatic rings. The van der Waals surface area contributed by atoms with Crippen molar-refractivity contribution < 1.29 is 9.18 Å². The number of carbonyl (C=O) groups excluding carboxylic acids is 1. The second kappa shape index (κ2) is 4.89. The molecule has 0 unspecified atom stereocenters. The van der Waals surface area contributed by atoms with Gasteiger partial charge in [-0.1, -0.05) is 11.3 Å². The lowest BCUT2D eigenvalue weighted by Gasteiger charge is -2.03. The number of hydrogen-bond donors (Lipinski definition) is 1. The Balaban J connectivity index is 2.20. The average molecular weight is 316 g/mol. The minimum absolute atomic E-state index is 0.347. The number of nitrogens with zero attached hydrogens (tertiary/aromatic N) is 2. The lowest BCUT2D eigenvalue weighted by molar-refractivity contribution is 0.102. The van der Waals surface area contributed by atoms with E-state index in [4.69, 9.17) is 0 Å². The van der Waals surface area contributed by atoms with Crippen LogP contribution in [0.15, 0.2) is 22.7 Å². The number of aromatic nitrogens is 2. The molecule has 1 N–H and O–H groups in total. The molecule has 0 atom stereocenters.